The average molecular weight is 219 g/mol. The predicted octanol–water partition coefficient (Wildman–Crippen LogP) is 2.78. The molecule has 0 saturated heterocycles. The van der Waals surface area contributed by atoms with E-state index in [1.165, 1.54) is 16.8 Å². The Morgan fingerprint density at radius 3 is 3.00 bits per heavy atom. The van der Waals surface area contributed by atoms with Crippen LogP contribution in [0.25, 0.3) is 11.8 Å². The minimum absolute atomic E-state index is 0. The Balaban J connectivity index is 0.000000853. The van der Waals surface area contributed by atoms with Crippen molar-refractivity contribution in [3.8, 4) is 0 Å². The first-order valence-electron chi connectivity index (χ1n) is 4.69. The van der Waals surface area contributed by atoms with Crippen LogP contribution in [0.1, 0.15) is 11.1 Å². The third-order valence-corrected chi connectivity index (χ3v) is 2.55. The van der Waals surface area contributed by atoms with Gasteiger partial charge in [0, 0.05) is 18.0 Å². The van der Waals surface area contributed by atoms with E-state index >= 15 is 0 Å². The Morgan fingerprint density at radius 2 is 2.07 bits per heavy atom. The van der Waals surface area contributed by atoms with E-state index in [4.69, 9.17) is 0 Å². The van der Waals surface area contributed by atoms with Crippen molar-refractivity contribution in [2.24, 2.45) is 4.99 Å². The van der Waals surface area contributed by atoms with Crippen LogP contribution in [0.4, 0.5) is 0 Å². The van der Waals surface area contributed by atoms with Gasteiger partial charge in [-0.2, -0.15) is 0 Å². The third kappa shape index (κ3) is 1.57. The van der Waals surface area contributed by atoms with Gasteiger partial charge in [0.1, 0.15) is 6.67 Å². The Kier molecular flexibility index (Phi) is 2.60. The Bertz CT molecular complexity index is 460. The molecule has 0 fully saturated rings. The van der Waals surface area contributed by atoms with Crippen LogP contribution < -0.4 is 0 Å². The molecular weight excluding hydrogens is 208 g/mol. The zero-order valence-corrected chi connectivity index (χ0v) is 8.95. The van der Waals surface area contributed by atoms with Gasteiger partial charge in [0.25, 0.3) is 0 Å². The quantitative estimate of drug-likeness (QED) is 0.654. The van der Waals surface area contributed by atoms with Gasteiger partial charge in [0.05, 0.1) is 5.70 Å². The second kappa shape index (κ2) is 3.91. The van der Waals surface area contributed by atoms with Crippen molar-refractivity contribution < 1.29 is 0 Å². The zero-order chi connectivity index (χ0) is 9.38. The third-order valence-electron chi connectivity index (χ3n) is 2.55. The second-order valence-corrected chi connectivity index (χ2v) is 3.40. The van der Waals surface area contributed by atoms with Crippen LogP contribution in [0.2, 0.25) is 0 Å². The molecule has 0 radical (unpaired) electrons. The summed E-state index contributed by atoms with van der Waals surface area (Å²) < 4.78 is 0. The fraction of sp³-hybridized carbons (Fsp3) is 0.0833. The monoisotopic (exact) mass is 218 g/mol. The van der Waals surface area contributed by atoms with Crippen molar-refractivity contribution in [3.63, 3.8) is 0 Å². The van der Waals surface area contributed by atoms with E-state index in [9.17, 15) is 0 Å². The maximum Gasteiger partial charge on any atom is 0.114 e. The van der Waals surface area contributed by atoms with Crippen LogP contribution in [0.5, 0.6) is 0 Å². The first-order valence-corrected chi connectivity index (χ1v) is 4.69. The highest BCUT2D eigenvalue weighted by Gasteiger charge is 2.16. The van der Waals surface area contributed by atoms with Crippen molar-refractivity contribution in [2.75, 3.05) is 6.67 Å². The van der Waals surface area contributed by atoms with Gasteiger partial charge < -0.3 is 4.90 Å². The maximum absolute atomic E-state index is 4.21. The summed E-state index contributed by atoms with van der Waals surface area (Å²) in [4.78, 5) is 6.36. The van der Waals surface area contributed by atoms with Gasteiger partial charge in [-0.25, -0.2) is 0 Å². The lowest BCUT2D eigenvalue weighted by atomic mass is 10.0. The molecule has 2 nitrogen and oxygen atoms in total. The van der Waals surface area contributed by atoms with Gasteiger partial charge in [-0.15, -0.1) is 12.4 Å². The summed E-state index contributed by atoms with van der Waals surface area (Å²) >= 11 is 0. The number of hydrogen-bond acceptors (Lipinski definition) is 2. The number of hydrogen-bond donors (Lipinski definition) is 0. The van der Waals surface area contributed by atoms with E-state index < -0.39 is 0 Å². The molecular formula is C12H11ClN2. The predicted molar refractivity (Wildman–Crippen MR) is 65.9 cm³/mol. The molecule has 0 bridgehead atoms. The SMILES string of the molecule is C1=CN2CN=CC=C2c2ccccc21.Cl. The number of rotatable bonds is 0. The molecule has 3 heteroatoms. The number of fused-ring (bicyclic) bond motifs is 3. The summed E-state index contributed by atoms with van der Waals surface area (Å²) in [6.07, 6.45) is 8.16. The molecule has 2 heterocycles. The number of aliphatic imine (C=N–C) groups is 1. The van der Waals surface area contributed by atoms with Crippen molar-refractivity contribution in [2.45, 2.75) is 0 Å². The lowest BCUT2D eigenvalue weighted by molar-refractivity contribution is 0.545. The standard InChI is InChI=1S/C12H10N2.ClH/c1-2-4-11-10(3-1)6-8-14-9-13-7-5-12(11)14;/h1-8H,9H2;1H. The van der Waals surface area contributed by atoms with Gasteiger partial charge in [-0.3, -0.25) is 4.99 Å². The topological polar surface area (TPSA) is 15.6 Å². The normalized spacial score (nSPS) is 16.3. The van der Waals surface area contributed by atoms with Crippen molar-refractivity contribution in [1.29, 1.82) is 0 Å². The summed E-state index contributed by atoms with van der Waals surface area (Å²) in [5.41, 5.74) is 3.82. The Hall–Kier alpha value is -1.54. The molecule has 76 valence electrons. The highest BCUT2D eigenvalue weighted by Crippen LogP contribution is 2.29. The van der Waals surface area contributed by atoms with Gasteiger partial charge in [0.15, 0.2) is 0 Å². The fourth-order valence-corrected chi connectivity index (χ4v) is 1.85. The van der Waals surface area contributed by atoms with Gasteiger partial charge in [0.2, 0.25) is 0 Å². The molecule has 0 aliphatic carbocycles. The summed E-state index contributed by atoms with van der Waals surface area (Å²) in [7, 11) is 0. The van der Waals surface area contributed by atoms with Crippen molar-refractivity contribution in [3.05, 3.63) is 47.7 Å². The molecule has 2 aliphatic heterocycles. The highest BCUT2D eigenvalue weighted by atomic mass is 35.5. The lowest BCUT2D eigenvalue weighted by Gasteiger charge is -2.28. The smallest absolute Gasteiger partial charge is 0.114 e. The molecule has 1 aromatic carbocycles. The Labute approximate surface area is 95.0 Å². The first-order chi connectivity index (χ1) is 6.95. The molecule has 0 atom stereocenters. The first kappa shape index (κ1) is 9.99. The van der Waals surface area contributed by atoms with E-state index in [0.29, 0.717) is 0 Å². The van der Waals surface area contributed by atoms with Crippen LogP contribution >= 0.6 is 12.4 Å². The van der Waals surface area contributed by atoms with E-state index in [1.54, 1.807) is 0 Å². The number of nitrogens with zero attached hydrogens (tertiary/aromatic N) is 2. The van der Waals surface area contributed by atoms with Crippen LogP contribution in [-0.4, -0.2) is 17.8 Å². The summed E-state index contributed by atoms with van der Waals surface area (Å²) in [5.74, 6) is 0. The van der Waals surface area contributed by atoms with Gasteiger partial charge >= 0.3 is 0 Å². The van der Waals surface area contributed by atoms with Crippen LogP contribution in [-0.2, 0) is 0 Å². The maximum atomic E-state index is 4.21. The van der Waals surface area contributed by atoms with Gasteiger partial charge in [-0.1, -0.05) is 24.3 Å². The van der Waals surface area contributed by atoms with Crippen LogP contribution in [0.15, 0.2) is 41.5 Å². The lowest BCUT2D eigenvalue weighted by Crippen LogP contribution is -2.21. The number of halogens is 1. The van der Waals surface area contributed by atoms with Crippen LogP contribution in [0, 0.1) is 0 Å². The molecule has 0 spiro atoms. The van der Waals surface area contributed by atoms with E-state index in [0.717, 1.165) is 6.67 Å². The minimum atomic E-state index is 0. The van der Waals surface area contributed by atoms with Gasteiger partial charge in [-0.05, 0) is 17.7 Å². The summed E-state index contributed by atoms with van der Waals surface area (Å²) in [6.45, 7) is 0.733. The molecule has 0 aromatic heterocycles. The van der Waals surface area contributed by atoms with E-state index in [-0.39, 0.29) is 12.4 Å². The summed E-state index contributed by atoms with van der Waals surface area (Å²) in [6, 6.07) is 8.42. The molecule has 3 rings (SSSR count). The van der Waals surface area contributed by atoms with Crippen molar-refractivity contribution in [1.82, 2.24) is 4.90 Å². The van der Waals surface area contributed by atoms with Crippen molar-refractivity contribution >= 4 is 30.4 Å². The number of benzene rings is 1. The average Bonchev–Trinajstić information content (AvgIpc) is 2.29. The minimum Gasteiger partial charge on any atom is -0.327 e. The molecule has 1 aromatic rings. The highest BCUT2D eigenvalue weighted by molar-refractivity contribution is 5.89. The van der Waals surface area contributed by atoms with E-state index in [2.05, 4.69) is 52.5 Å². The molecule has 0 unspecified atom stereocenters. The second-order valence-electron chi connectivity index (χ2n) is 3.40. The summed E-state index contributed by atoms with van der Waals surface area (Å²) in [5, 5.41) is 0. The van der Waals surface area contributed by atoms with Crippen LogP contribution in [0.3, 0.4) is 0 Å². The zero-order valence-electron chi connectivity index (χ0n) is 8.13. The molecule has 15 heavy (non-hydrogen) atoms. The fourth-order valence-electron chi connectivity index (χ4n) is 1.85. The van der Waals surface area contributed by atoms with E-state index in [1.807, 2.05) is 6.21 Å². The molecule has 0 N–H and O–H groups in total. The largest absolute Gasteiger partial charge is 0.327 e. The molecule has 2 aliphatic rings. The number of allylic oxidation sites excluding steroid dienone is 1. The molecule has 0 saturated carbocycles. The molecule has 0 amide bonds. The Morgan fingerprint density at radius 1 is 1.20 bits per heavy atom.